The molecule has 0 unspecified atom stereocenters. The van der Waals surface area contributed by atoms with E-state index in [4.69, 9.17) is 4.74 Å². The normalized spacial score (nSPS) is 13.7. The van der Waals surface area contributed by atoms with Gasteiger partial charge in [-0.3, -0.25) is 4.79 Å². The summed E-state index contributed by atoms with van der Waals surface area (Å²) >= 11 is 0. The number of hydrogen-bond acceptors (Lipinski definition) is 5. The van der Waals surface area contributed by atoms with Crippen molar-refractivity contribution in [1.82, 2.24) is 4.72 Å². The van der Waals surface area contributed by atoms with Gasteiger partial charge in [0.25, 0.3) is 0 Å². The summed E-state index contributed by atoms with van der Waals surface area (Å²) in [5.41, 5.74) is 4.52. The van der Waals surface area contributed by atoms with Crippen LogP contribution in [0.4, 0.5) is 0 Å². The number of aliphatic hydroxyl groups is 1. The van der Waals surface area contributed by atoms with Crippen molar-refractivity contribution < 1.29 is 23.1 Å². The minimum Gasteiger partial charge on any atom is -0.464 e. The van der Waals surface area contributed by atoms with Gasteiger partial charge in [-0.1, -0.05) is 138 Å². The van der Waals surface area contributed by atoms with E-state index >= 15 is 0 Å². The van der Waals surface area contributed by atoms with Gasteiger partial charge in [0.2, 0.25) is 10.0 Å². The molecular weight excluding hydrogens is 558 g/mol. The SMILES string of the molecule is CCCCCCCCCCCCCCOC(=O)[C@@H](NS(=O)(=O)c1ccc2c(c1)-c1ccccc1C2)[C@@H](O)c1ccccc1. The highest BCUT2D eigenvalue weighted by Gasteiger charge is 2.34. The average Bonchev–Trinajstić information content (AvgIpc) is 3.40. The average molecular weight is 606 g/mol. The monoisotopic (exact) mass is 605 g/mol. The number of benzene rings is 3. The highest BCUT2D eigenvalue weighted by molar-refractivity contribution is 7.89. The maximum Gasteiger partial charge on any atom is 0.327 e. The molecule has 0 aromatic heterocycles. The number of esters is 1. The molecule has 43 heavy (non-hydrogen) atoms. The molecule has 0 aliphatic heterocycles. The predicted octanol–water partition coefficient (Wildman–Crippen LogP) is 7.88. The molecule has 2 atom stereocenters. The number of fused-ring (bicyclic) bond motifs is 3. The molecule has 2 N–H and O–H groups in total. The van der Waals surface area contributed by atoms with Crippen molar-refractivity contribution in [3.63, 3.8) is 0 Å². The largest absolute Gasteiger partial charge is 0.464 e. The number of unbranched alkanes of at least 4 members (excludes halogenated alkanes) is 11. The highest BCUT2D eigenvalue weighted by atomic mass is 32.2. The van der Waals surface area contributed by atoms with Crippen LogP contribution in [0, 0.1) is 0 Å². The lowest BCUT2D eigenvalue weighted by atomic mass is 10.0. The van der Waals surface area contributed by atoms with E-state index in [9.17, 15) is 18.3 Å². The molecule has 1 aliphatic rings. The summed E-state index contributed by atoms with van der Waals surface area (Å²) in [5.74, 6) is -0.783. The molecule has 0 spiro atoms. The van der Waals surface area contributed by atoms with Crippen molar-refractivity contribution in [3.8, 4) is 11.1 Å². The summed E-state index contributed by atoms with van der Waals surface area (Å²) in [5, 5.41) is 11.1. The van der Waals surface area contributed by atoms with Gasteiger partial charge in [-0.05, 0) is 52.8 Å². The zero-order valence-electron chi connectivity index (χ0n) is 25.5. The molecule has 0 bridgehead atoms. The second-order valence-electron chi connectivity index (χ2n) is 11.7. The van der Waals surface area contributed by atoms with Gasteiger partial charge in [-0.2, -0.15) is 4.72 Å². The molecule has 0 radical (unpaired) electrons. The third kappa shape index (κ3) is 9.49. The Labute approximate surface area is 257 Å². The molecule has 0 saturated carbocycles. The summed E-state index contributed by atoms with van der Waals surface area (Å²) in [7, 11) is -4.15. The summed E-state index contributed by atoms with van der Waals surface area (Å²) in [6.45, 7) is 2.43. The maximum absolute atomic E-state index is 13.6. The summed E-state index contributed by atoms with van der Waals surface area (Å²) in [6.07, 6.45) is 13.7. The standard InChI is InChI=1S/C36H47NO5S/c1-2-3-4-5-6-7-8-9-10-11-12-18-25-42-36(39)34(35(38)28-19-14-13-15-20-28)37-43(40,41)31-24-23-30-26-29-21-16-17-22-32(29)33(30)27-31/h13-17,19-24,27,34-35,37-38H,2-12,18,25-26H2,1H3/t34-,35-/m0/s1. The van der Waals surface area contributed by atoms with E-state index in [1.165, 1.54) is 57.8 Å². The predicted molar refractivity (Wildman–Crippen MR) is 172 cm³/mol. The number of nitrogens with one attached hydrogen (secondary N) is 1. The van der Waals surface area contributed by atoms with Crippen molar-refractivity contribution >= 4 is 16.0 Å². The summed E-state index contributed by atoms with van der Waals surface area (Å²) in [6, 6.07) is 20.1. The van der Waals surface area contributed by atoms with Crippen LogP contribution in [-0.4, -0.2) is 32.1 Å². The third-order valence-corrected chi connectivity index (χ3v) is 9.75. The van der Waals surface area contributed by atoms with Gasteiger partial charge < -0.3 is 9.84 Å². The van der Waals surface area contributed by atoms with Crippen molar-refractivity contribution in [2.24, 2.45) is 0 Å². The van der Waals surface area contributed by atoms with Crippen LogP contribution < -0.4 is 4.72 Å². The van der Waals surface area contributed by atoms with Crippen LogP contribution in [0.2, 0.25) is 0 Å². The highest BCUT2D eigenvalue weighted by Crippen LogP contribution is 2.37. The number of aliphatic hydroxyl groups excluding tert-OH is 1. The van der Waals surface area contributed by atoms with E-state index in [0.717, 1.165) is 41.5 Å². The molecule has 0 fully saturated rings. The molecule has 1 aliphatic carbocycles. The summed E-state index contributed by atoms with van der Waals surface area (Å²) < 4.78 is 35.1. The minimum absolute atomic E-state index is 0.0435. The first-order valence-electron chi connectivity index (χ1n) is 16.0. The zero-order valence-corrected chi connectivity index (χ0v) is 26.3. The van der Waals surface area contributed by atoms with Crippen molar-refractivity contribution in [3.05, 3.63) is 89.5 Å². The van der Waals surface area contributed by atoms with E-state index in [1.807, 2.05) is 30.3 Å². The Morgan fingerprint density at radius 3 is 2.02 bits per heavy atom. The fourth-order valence-corrected chi connectivity index (χ4v) is 7.01. The molecule has 0 saturated heterocycles. The second-order valence-corrected chi connectivity index (χ2v) is 13.4. The number of rotatable bonds is 19. The maximum atomic E-state index is 13.6. The number of sulfonamides is 1. The van der Waals surface area contributed by atoms with E-state index < -0.39 is 28.1 Å². The van der Waals surface area contributed by atoms with Crippen LogP contribution in [0.15, 0.2) is 77.7 Å². The van der Waals surface area contributed by atoms with E-state index in [2.05, 4.69) is 11.6 Å². The molecule has 0 amide bonds. The Bertz CT molecular complexity index is 1410. The van der Waals surface area contributed by atoms with Crippen LogP contribution in [-0.2, 0) is 26.0 Å². The Balaban J connectivity index is 1.31. The molecule has 7 heteroatoms. The van der Waals surface area contributed by atoms with Gasteiger partial charge >= 0.3 is 5.97 Å². The van der Waals surface area contributed by atoms with Crippen LogP contribution in [0.3, 0.4) is 0 Å². The Hall–Kier alpha value is -3.00. The van der Waals surface area contributed by atoms with Crippen molar-refractivity contribution in [2.75, 3.05) is 6.61 Å². The van der Waals surface area contributed by atoms with Gasteiger partial charge in [0.15, 0.2) is 0 Å². The fraction of sp³-hybridized carbons (Fsp3) is 0.472. The zero-order chi connectivity index (χ0) is 30.5. The summed E-state index contributed by atoms with van der Waals surface area (Å²) in [4.78, 5) is 13.3. The van der Waals surface area contributed by atoms with Crippen molar-refractivity contribution in [1.29, 1.82) is 0 Å². The van der Waals surface area contributed by atoms with Crippen molar-refractivity contribution in [2.45, 2.75) is 107 Å². The Kier molecular flexibility index (Phi) is 12.8. The molecule has 6 nitrogen and oxygen atoms in total. The second kappa shape index (κ2) is 16.7. The Morgan fingerprint density at radius 2 is 1.35 bits per heavy atom. The van der Waals surface area contributed by atoms with E-state index in [-0.39, 0.29) is 11.5 Å². The number of hydrogen-bond donors (Lipinski definition) is 2. The van der Waals surface area contributed by atoms with Gasteiger partial charge in [0, 0.05) is 0 Å². The van der Waals surface area contributed by atoms with Crippen LogP contribution in [0.1, 0.15) is 107 Å². The number of carbonyl (C=O) groups excluding carboxylic acids is 1. The first kappa shape index (κ1) is 32.9. The minimum atomic E-state index is -4.15. The smallest absolute Gasteiger partial charge is 0.327 e. The molecule has 0 heterocycles. The van der Waals surface area contributed by atoms with Crippen LogP contribution in [0.5, 0.6) is 0 Å². The lowest BCUT2D eigenvalue weighted by Gasteiger charge is -2.23. The van der Waals surface area contributed by atoms with Gasteiger partial charge in [-0.25, -0.2) is 8.42 Å². The first-order chi connectivity index (χ1) is 20.9. The van der Waals surface area contributed by atoms with Gasteiger partial charge in [-0.15, -0.1) is 0 Å². The molecule has 3 aromatic rings. The first-order valence-corrected chi connectivity index (χ1v) is 17.5. The van der Waals surface area contributed by atoms with E-state index in [0.29, 0.717) is 12.0 Å². The lowest BCUT2D eigenvalue weighted by Crippen LogP contribution is -2.46. The topological polar surface area (TPSA) is 92.7 Å². The molecule has 3 aromatic carbocycles. The molecule has 4 rings (SSSR count). The number of carbonyl (C=O) groups is 1. The molecular formula is C36H47NO5S. The lowest BCUT2D eigenvalue weighted by molar-refractivity contribution is -0.148. The van der Waals surface area contributed by atoms with Crippen LogP contribution >= 0.6 is 0 Å². The molecule has 232 valence electrons. The Morgan fingerprint density at radius 1 is 0.767 bits per heavy atom. The van der Waals surface area contributed by atoms with Gasteiger partial charge in [0.1, 0.15) is 12.1 Å². The van der Waals surface area contributed by atoms with Gasteiger partial charge in [0.05, 0.1) is 11.5 Å². The third-order valence-electron chi connectivity index (χ3n) is 8.32. The fourth-order valence-electron chi connectivity index (χ4n) is 5.79. The quantitative estimate of drug-likeness (QED) is 0.0838. The van der Waals surface area contributed by atoms with Crippen LogP contribution in [0.25, 0.3) is 11.1 Å². The van der Waals surface area contributed by atoms with E-state index in [1.54, 1.807) is 42.5 Å². The number of ether oxygens (including phenoxy) is 1.